The maximum absolute atomic E-state index is 5.66. The molecular weight excluding hydrogens is 284 g/mol. The van der Waals surface area contributed by atoms with E-state index in [0.29, 0.717) is 0 Å². The van der Waals surface area contributed by atoms with Crippen LogP contribution in [0, 0.1) is 6.92 Å². The molecule has 3 nitrogen and oxygen atoms in total. The minimum Gasteiger partial charge on any atom is -0.496 e. The molecule has 0 saturated heterocycles. The van der Waals surface area contributed by atoms with Crippen molar-refractivity contribution in [1.29, 1.82) is 0 Å². The van der Waals surface area contributed by atoms with Crippen molar-refractivity contribution in [2.45, 2.75) is 6.92 Å². The van der Waals surface area contributed by atoms with Gasteiger partial charge in [-0.05, 0) is 24.6 Å². The van der Waals surface area contributed by atoms with Crippen molar-refractivity contribution in [1.82, 2.24) is 9.55 Å². The van der Waals surface area contributed by atoms with E-state index in [0.717, 1.165) is 28.1 Å². The number of fused-ring (bicyclic) bond motifs is 3. The van der Waals surface area contributed by atoms with Gasteiger partial charge in [-0.25, -0.2) is 0 Å². The highest BCUT2D eigenvalue weighted by Gasteiger charge is 2.15. The molecule has 114 valence electrons. The standard InChI is InChI=1S/C20H18N2O/c1-13-20-15(9-10-21-13)17-11-16(14-7-5-4-6-8-14)19(23-3)12-18(17)22(20)2/h4-12H,1-3H3. The van der Waals surface area contributed by atoms with Gasteiger partial charge in [0.25, 0.3) is 0 Å². The minimum absolute atomic E-state index is 0.889. The van der Waals surface area contributed by atoms with Crippen molar-refractivity contribution >= 4 is 21.8 Å². The Morgan fingerprint density at radius 1 is 1.00 bits per heavy atom. The summed E-state index contributed by atoms with van der Waals surface area (Å²) >= 11 is 0. The molecule has 0 saturated carbocycles. The molecule has 2 aromatic heterocycles. The molecule has 2 aromatic carbocycles. The summed E-state index contributed by atoms with van der Waals surface area (Å²) in [4.78, 5) is 4.43. The summed E-state index contributed by atoms with van der Waals surface area (Å²) in [5, 5.41) is 2.46. The molecule has 0 amide bonds. The Labute approximate surface area is 135 Å². The maximum Gasteiger partial charge on any atom is 0.128 e. The van der Waals surface area contributed by atoms with E-state index in [1.165, 1.54) is 16.3 Å². The Morgan fingerprint density at radius 2 is 1.78 bits per heavy atom. The van der Waals surface area contributed by atoms with E-state index in [1.54, 1.807) is 7.11 Å². The maximum atomic E-state index is 5.66. The second-order valence-electron chi connectivity index (χ2n) is 5.79. The first kappa shape index (κ1) is 13.8. The van der Waals surface area contributed by atoms with Crippen LogP contribution in [0.4, 0.5) is 0 Å². The van der Waals surface area contributed by atoms with Crippen LogP contribution in [0.1, 0.15) is 5.69 Å². The summed E-state index contributed by atoms with van der Waals surface area (Å²) in [5.41, 5.74) is 5.65. The first-order valence-corrected chi connectivity index (χ1v) is 7.68. The number of benzene rings is 2. The molecular formula is C20H18N2O. The molecule has 0 atom stereocenters. The second kappa shape index (κ2) is 5.13. The molecule has 0 aliphatic rings. The highest BCUT2D eigenvalue weighted by atomic mass is 16.5. The molecule has 0 fully saturated rings. The highest BCUT2D eigenvalue weighted by Crippen LogP contribution is 2.38. The number of methoxy groups -OCH3 is 1. The number of nitrogens with zero attached hydrogens (tertiary/aromatic N) is 2. The van der Waals surface area contributed by atoms with Gasteiger partial charge in [-0.1, -0.05) is 30.3 Å². The molecule has 4 aromatic rings. The molecule has 4 rings (SSSR count). The van der Waals surface area contributed by atoms with E-state index >= 15 is 0 Å². The van der Waals surface area contributed by atoms with Crippen LogP contribution in [0.3, 0.4) is 0 Å². The predicted octanol–water partition coefficient (Wildman–Crippen LogP) is 4.71. The molecule has 2 heterocycles. The van der Waals surface area contributed by atoms with E-state index < -0.39 is 0 Å². The number of aryl methyl sites for hydroxylation is 2. The predicted molar refractivity (Wildman–Crippen MR) is 94.9 cm³/mol. The summed E-state index contributed by atoms with van der Waals surface area (Å²) in [6, 6.07) is 16.8. The van der Waals surface area contributed by atoms with Gasteiger partial charge >= 0.3 is 0 Å². The van der Waals surface area contributed by atoms with Crippen LogP contribution in [0.5, 0.6) is 5.75 Å². The molecule has 23 heavy (non-hydrogen) atoms. The Hall–Kier alpha value is -2.81. The third-order valence-electron chi connectivity index (χ3n) is 4.50. The summed E-state index contributed by atoms with van der Waals surface area (Å²) in [6.45, 7) is 2.05. The number of ether oxygens (including phenoxy) is 1. The van der Waals surface area contributed by atoms with Crippen molar-refractivity contribution in [3.05, 3.63) is 60.4 Å². The van der Waals surface area contributed by atoms with Crippen molar-refractivity contribution < 1.29 is 4.74 Å². The van der Waals surface area contributed by atoms with Gasteiger partial charge in [0, 0.05) is 35.6 Å². The molecule has 0 unspecified atom stereocenters. The van der Waals surface area contributed by atoms with Gasteiger partial charge in [0.15, 0.2) is 0 Å². The van der Waals surface area contributed by atoms with Crippen LogP contribution < -0.4 is 4.74 Å². The Morgan fingerprint density at radius 3 is 2.52 bits per heavy atom. The number of hydrogen-bond acceptors (Lipinski definition) is 2. The van der Waals surface area contributed by atoms with Crippen LogP contribution in [0.15, 0.2) is 54.7 Å². The SMILES string of the molecule is COc1cc2c(cc1-c1ccccc1)c1ccnc(C)c1n2C. The van der Waals surface area contributed by atoms with Crippen molar-refractivity contribution in [3.8, 4) is 16.9 Å². The van der Waals surface area contributed by atoms with Gasteiger partial charge in [-0.15, -0.1) is 0 Å². The van der Waals surface area contributed by atoms with Crippen LogP contribution in [0.2, 0.25) is 0 Å². The quantitative estimate of drug-likeness (QED) is 0.536. The Balaban J connectivity index is 2.14. The van der Waals surface area contributed by atoms with Gasteiger partial charge in [-0.3, -0.25) is 4.98 Å². The zero-order valence-corrected chi connectivity index (χ0v) is 13.5. The molecule has 0 radical (unpaired) electrons. The van der Waals surface area contributed by atoms with E-state index in [1.807, 2.05) is 12.3 Å². The summed E-state index contributed by atoms with van der Waals surface area (Å²) in [5.74, 6) is 0.889. The van der Waals surface area contributed by atoms with Crippen LogP contribution in [-0.4, -0.2) is 16.7 Å². The lowest BCUT2D eigenvalue weighted by molar-refractivity contribution is 0.417. The third kappa shape index (κ3) is 2.00. The van der Waals surface area contributed by atoms with Gasteiger partial charge in [0.1, 0.15) is 5.75 Å². The first-order valence-electron chi connectivity index (χ1n) is 7.68. The fraction of sp³-hybridized carbons (Fsp3) is 0.150. The lowest BCUT2D eigenvalue weighted by atomic mass is 10.0. The second-order valence-corrected chi connectivity index (χ2v) is 5.79. The van der Waals surface area contributed by atoms with E-state index in [2.05, 4.69) is 66.0 Å². The number of rotatable bonds is 2. The van der Waals surface area contributed by atoms with E-state index in [-0.39, 0.29) is 0 Å². The Kier molecular flexibility index (Phi) is 3.08. The number of aromatic nitrogens is 2. The molecule has 0 N–H and O–H groups in total. The molecule has 3 heteroatoms. The van der Waals surface area contributed by atoms with E-state index in [9.17, 15) is 0 Å². The number of hydrogen-bond donors (Lipinski definition) is 0. The average molecular weight is 302 g/mol. The largest absolute Gasteiger partial charge is 0.496 e. The molecule has 0 spiro atoms. The third-order valence-corrected chi connectivity index (χ3v) is 4.50. The fourth-order valence-corrected chi connectivity index (χ4v) is 3.39. The highest BCUT2D eigenvalue weighted by molar-refractivity contribution is 6.10. The zero-order chi connectivity index (χ0) is 16.0. The van der Waals surface area contributed by atoms with Gasteiger partial charge in [0.05, 0.1) is 23.8 Å². The topological polar surface area (TPSA) is 27.1 Å². The zero-order valence-electron chi connectivity index (χ0n) is 13.5. The lowest BCUT2D eigenvalue weighted by Gasteiger charge is -2.10. The fourth-order valence-electron chi connectivity index (χ4n) is 3.39. The van der Waals surface area contributed by atoms with Gasteiger partial charge in [0.2, 0.25) is 0 Å². The molecule has 0 aliphatic heterocycles. The summed E-state index contributed by atoms with van der Waals surface area (Å²) in [7, 11) is 3.81. The normalized spacial score (nSPS) is 11.3. The smallest absolute Gasteiger partial charge is 0.128 e. The molecule has 0 bridgehead atoms. The van der Waals surface area contributed by atoms with Gasteiger partial charge < -0.3 is 9.30 Å². The van der Waals surface area contributed by atoms with Crippen molar-refractivity contribution in [3.63, 3.8) is 0 Å². The summed E-state index contributed by atoms with van der Waals surface area (Å²) in [6.07, 6.45) is 1.88. The molecule has 0 aliphatic carbocycles. The first-order chi connectivity index (χ1) is 11.2. The lowest BCUT2D eigenvalue weighted by Crippen LogP contribution is -1.92. The Bertz CT molecular complexity index is 1020. The van der Waals surface area contributed by atoms with Gasteiger partial charge in [-0.2, -0.15) is 0 Å². The summed E-state index contributed by atoms with van der Waals surface area (Å²) < 4.78 is 7.86. The monoisotopic (exact) mass is 302 g/mol. The van der Waals surface area contributed by atoms with Crippen LogP contribution in [-0.2, 0) is 7.05 Å². The average Bonchev–Trinajstić information content (AvgIpc) is 2.88. The van der Waals surface area contributed by atoms with E-state index in [4.69, 9.17) is 4.74 Å². The minimum atomic E-state index is 0.889. The van der Waals surface area contributed by atoms with Crippen molar-refractivity contribution in [2.24, 2.45) is 7.05 Å². The van der Waals surface area contributed by atoms with Crippen LogP contribution in [0.25, 0.3) is 32.9 Å². The van der Waals surface area contributed by atoms with Crippen molar-refractivity contribution in [2.75, 3.05) is 7.11 Å². The van der Waals surface area contributed by atoms with Crippen LogP contribution >= 0.6 is 0 Å². The number of pyridine rings is 1.